The molecule has 0 aliphatic carbocycles. The molecular formula is C60H106MgO6S2. The zero-order valence-electron chi connectivity index (χ0n) is 45.5. The Morgan fingerprint density at radius 2 is 0.478 bits per heavy atom. The predicted octanol–water partition coefficient (Wildman–Crippen LogP) is 18.7. The van der Waals surface area contributed by atoms with Crippen molar-refractivity contribution in [2.75, 3.05) is 0 Å². The molecule has 0 amide bonds. The topological polar surface area (TPSA) is 114 Å². The maximum atomic E-state index is 11.9. The van der Waals surface area contributed by atoms with Gasteiger partial charge in [0.1, 0.15) is 20.2 Å². The third-order valence-corrected chi connectivity index (χ3v) is 16.0. The maximum absolute atomic E-state index is 11.9. The van der Waals surface area contributed by atoms with Gasteiger partial charge in [0.15, 0.2) is 0 Å². The van der Waals surface area contributed by atoms with Crippen LogP contribution in [0.4, 0.5) is 0 Å². The zero-order valence-corrected chi connectivity index (χ0v) is 48.6. The molecule has 0 unspecified atom stereocenters. The van der Waals surface area contributed by atoms with E-state index in [2.05, 4.69) is 27.7 Å². The van der Waals surface area contributed by atoms with Crippen molar-refractivity contribution in [2.45, 2.75) is 320 Å². The molecule has 9 heteroatoms. The van der Waals surface area contributed by atoms with Crippen LogP contribution in [0.15, 0.2) is 46.2 Å². The van der Waals surface area contributed by atoms with Crippen LogP contribution in [0.5, 0.6) is 0 Å². The van der Waals surface area contributed by atoms with Gasteiger partial charge in [-0.25, -0.2) is 16.8 Å². The predicted molar refractivity (Wildman–Crippen MR) is 297 cm³/mol. The molecule has 0 saturated carbocycles. The average Bonchev–Trinajstić information content (AvgIpc) is 3.31. The van der Waals surface area contributed by atoms with Crippen LogP contribution in [0.25, 0.3) is 0 Å². The molecule has 6 nitrogen and oxygen atoms in total. The van der Waals surface area contributed by atoms with E-state index in [-0.39, 0.29) is 32.8 Å². The molecule has 0 saturated heterocycles. The molecule has 0 heterocycles. The Balaban J connectivity index is 0.00000132. The Hall–Kier alpha value is -0.974. The maximum Gasteiger partial charge on any atom is 2.00 e. The number of aryl methyl sites for hydroxylation is 2. The van der Waals surface area contributed by atoms with Gasteiger partial charge in [0, 0.05) is 0 Å². The van der Waals surface area contributed by atoms with E-state index in [0.29, 0.717) is 12.8 Å². The molecule has 0 spiro atoms. The van der Waals surface area contributed by atoms with E-state index in [1.165, 1.54) is 230 Å². The molecular weight excluding hydrogens is 905 g/mol. The first-order valence-corrected chi connectivity index (χ1v) is 32.0. The molecule has 0 atom stereocenters. The molecule has 0 aliphatic rings. The molecule has 0 bridgehead atoms. The number of hydrogen-bond donors (Lipinski definition) is 0. The SMILES string of the molecule is CCCCCCCCCCCCc1cccc(S(=O)(=O)[O-])c1CCCCCCCCCCCC.CCCCCCCCCCCCc1cccc(S(=O)(=O)[O-])c1CCCCCCCCCCCC.[Mg+2]. The van der Waals surface area contributed by atoms with E-state index in [4.69, 9.17) is 0 Å². The van der Waals surface area contributed by atoms with Crippen molar-refractivity contribution in [1.29, 1.82) is 0 Å². The summed E-state index contributed by atoms with van der Waals surface area (Å²) in [6.07, 6.45) is 54.0. The quantitative estimate of drug-likeness (QED) is 0.0371. The van der Waals surface area contributed by atoms with Crippen molar-refractivity contribution in [1.82, 2.24) is 0 Å². The van der Waals surface area contributed by atoms with Crippen molar-refractivity contribution in [3.63, 3.8) is 0 Å². The van der Waals surface area contributed by atoms with Crippen LogP contribution < -0.4 is 0 Å². The van der Waals surface area contributed by atoms with Crippen molar-refractivity contribution >= 4 is 43.3 Å². The molecule has 0 fully saturated rings. The average molecular weight is 1010 g/mol. The van der Waals surface area contributed by atoms with E-state index in [1.807, 2.05) is 12.1 Å². The van der Waals surface area contributed by atoms with Crippen LogP contribution in [-0.2, 0) is 45.9 Å². The van der Waals surface area contributed by atoms with Crippen LogP contribution in [0.1, 0.15) is 307 Å². The standard InChI is InChI=1S/2C30H54O3S.Mg/c2*1-3-5-7-9-11-13-15-17-19-21-24-28-25-23-27-30(34(31,32)33)29(28)26-22-20-18-16-14-12-10-8-6-4-2;/h2*23,25,27H,3-22,24,26H2,1-2H3,(H,31,32,33);/q;;+2/p-2. The molecule has 0 aliphatic heterocycles. The molecule has 0 N–H and O–H groups in total. The van der Waals surface area contributed by atoms with Gasteiger partial charge in [-0.15, -0.1) is 0 Å². The second-order valence-corrected chi connectivity index (χ2v) is 23.1. The smallest absolute Gasteiger partial charge is 0.744 e. The van der Waals surface area contributed by atoms with E-state index in [0.717, 1.165) is 73.6 Å². The van der Waals surface area contributed by atoms with Gasteiger partial charge in [0.05, 0.1) is 9.79 Å². The second kappa shape index (κ2) is 46.8. The Morgan fingerprint density at radius 3 is 0.681 bits per heavy atom. The number of unbranched alkanes of at least 4 members (excludes halogenated alkanes) is 36. The first kappa shape index (κ1) is 68.0. The van der Waals surface area contributed by atoms with Crippen molar-refractivity contribution in [3.05, 3.63) is 58.7 Å². The molecule has 396 valence electrons. The Labute approximate surface area is 445 Å². The Bertz CT molecular complexity index is 1550. The van der Waals surface area contributed by atoms with Gasteiger partial charge >= 0.3 is 23.1 Å². The number of rotatable bonds is 46. The summed E-state index contributed by atoms with van der Waals surface area (Å²) in [5, 5.41) is 0. The second-order valence-electron chi connectivity index (χ2n) is 20.4. The van der Waals surface area contributed by atoms with Crippen molar-refractivity contribution in [2.24, 2.45) is 0 Å². The summed E-state index contributed by atoms with van der Waals surface area (Å²) >= 11 is 0. The van der Waals surface area contributed by atoms with Gasteiger partial charge in [-0.2, -0.15) is 0 Å². The first-order chi connectivity index (χ1) is 33.0. The van der Waals surface area contributed by atoms with Crippen LogP contribution in [0.3, 0.4) is 0 Å². The van der Waals surface area contributed by atoms with Gasteiger partial charge in [-0.1, -0.05) is 283 Å². The minimum atomic E-state index is -4.42. The molecule has 69 heavy (non-hydrogen) atoms. The van der Waals surface area contributed by atoms with Gasteiger partial charge in [0.2, 0.25) is 0 Å². The van der Waals surface area contributed by atoms with Crippen LogP contribution >= 0.6 is 0 Å². The summed E-state index contributed by atoms with van der Waals surface area (Å²) in [4.78, 5) is 0.0426. The first-order valence-electron chi connectivity index (χ1n) is 29.1. The van der Waals surface area contributed by atoms with E-state index in [1.54, 1.807) is 12.1 Å². The van der Waals surface area contributed by atoms with Gasteiger partial charge in [-0.05, 0) is 85.8 Å². The summed E-state index contributed by atoms with van der Waals surface area (Å²) < 4.78 is 71.2. The fourth-order valence-electron chi connectivity index (χ4n) is 9.91. The fourth-order valence-corrected chi connectivity index (χ4v) is 11.5. The van der Waals surface area contributed by atoms with Crippen LogP contribution in [-0.4, -0.2) is 49.0 Å². The minimum Gasteiger partial charge on any atom is -0.744 e. The summed E-state index contributed by atoms with van der Waals surface area (Å²) in [6, 6.07) is 10.6. The minimum absolute atomic E-state index is 0. The normalized spacial score (nSPS) is 11.7. The fraction of sp³-hybridized carbons (Fsp3) is 0.800. The third kappa shape index (κ3) is 37.4. The largest absolute Gasteiger partial charge is 2.00 e. The third-order valence-electron chi connectivity index (χ3n) is 14.2. The number of benzene rings is 2. The molecule has 2 aromatic carbocycles. The molecule has 0 radical (unpaired) electrons. The van der Waals surface area contributed by atoms with Gasteiger partial charge in [-0.3, -0.25) is 0 Å². The Morgan fingerprint density at radius 1 is 0.290 bits per heavy atom. The van der Waals surface area contributed by atoms with Gasteiger partial charge in [0.25, 0.3) is 0 Å². The number of hydrogen-bond acceptors (Lipinski definition) is 6. The summed E-state index contributed by atoms with van der Waals surface area (Å²) in [5.74, 6) is 0. The van der Waals surface area contributed by atoms with E-state index >= 15 is 0 Å². The summed E-state index contributed by atoms with van der Waals surface area (Å²) in [5.41, 5.74) is 3.75. The van der Waals surface area contributed by atoms with Crippen molar-refractivity contribution < 1.29 is 25.9 Å². The van der Waals surface area contributed by atoms with Crippen LogP contribution in [0, 0.1) is 0 Å². The van der Waals surface area contributed by atoms with E-state index in [9.17, 15) is 25.9 Å². The Kier molecular flexibility index (Phi) is 46.1. The molecule has 0 aromatic heterocycles. The zero-order chi connectivity index (χ0) is 49.8. The monoisotopic (exact) mass is 1010 g/mol. The van der Waals surface area contributed by atoms with Crippen LogP contribution in [0.2, 0.25) is 0 Å². The van der Waals surface area contributed by atoms with Gasteiger partial charge < -0.3 is 9.11 Å². The van der Waals surface area contributed by atoms with E-state index < -0.39 is 20.2 Å². The summed E-state index contributed by atoms with van der Waals surface area (Å²) in [6.45, 7) is 9.01. The summed E-state index contributed by atoms with van der Waals surface area (Å²) in [7, 11) is -8.84. The molecule has 2 rings (SSSR count). The molecule has 2 aromatic rings. The van der Waals surface area contributed by atoms with Crippen molar-refractivity contribution in [3.8, 4) is 0 Å².